The molecule has 0 aliphatic rings. The van der Waals surface area contributed by atoms with Gasteiger partial charge in [0.1, 0.15) is 32.4 Å². The number of amides is 2. The standard InChI is InChI=1S/2C9H17NO8S.Ca/c2*1-9(2,4-11)6(12)7(13)10-3-5(8(14)15)19(16,17)18;/h2*5-6,11-12H,3-4H2,1-2H3,(H,10,13)(H,14,15)(H,16,17,18);/q;;+2/p-2/t2*5?,6-;/m00./s1. The van der Waals surface area contributed by atoms with Gasteiger partial charge in [-0.1, -0.05) is 27.7 Å². The molecular weight excluding hydrogens is 604 g/mol. The van der Waals surface area contributed by atoms with E-state index in [0.717, 1.165) is 0 Å². The van der Waals surface area contributed by atoms with Crippen molar-refractivity contribution in [3.8, 4) is 0 Å². The average molecular weight is 637 g/mol. The summed E-state index contributed by atoms with van der Waals surface area (Å²) >= 11 is 0. The topological polar surface area (TPSA) is 328 Å². The second-order valence-corrected chi connectivity index (χ2v) is 12.3. The molecule has 0 aromatic heterocycles. The number of hydrogen-bond donors (Lipinski definition) is 8. The molecule has 4 atom stereocenters. The van der Waals surface area contributed by atoms with E-state index in [2.05, 4.69) is 0 Å². The normalized spacial score (nSPS) is 15.2. The Morgan fingerprint density at radius 3 is 1.08 bits per heavy atom. The van der Waals surface area contributed by atoms with Crippen molar-refractivity contribution in [1.82, 2.24) is 10.6 Å². The summed E-state index contributed by atoms with van der Waals surface area (Å²) in [5.74, 6) is -5.94. The van der Waals surface area contributed by atoms with Gasteiger partial charge in [-0.25, -0.2) is 16.8 Å². The van der Waals surface area contributed by atoms with Gasteiger partial charge in [-0.3, -0.25) is 19.2 Å². The predicted octanol–water partition coefficient (Wildman–Crippen LogP) is -5.42. The van der Waals surface area contributed by atoms with Crippen molar-refractivity contribution in [3.05, 3.63) is 0 Å². The maximum atomic E-state index is 11.4. The summed E-state index contributed by atoms with van der Waals surface area (Å²) in [6.45, 7) is 2.52. The maximum Gasteiger partial charge on any atom is 2.00 e. The Labute approximate surface area is 254 Å². The fourth-order valence-corrected chi connectivity index (χ4v) is 3.16. The quantitative estimate of drug-likeness (QED) is 0.0651. The minimum Gasteiger partial charge on any atom is -0.747 e. The molecule has 2 unspecified atom stereocenters. The van der Waals surface area contributed by atoms with E-state index in [4.69, 9.17) is 20.4 Å². The van der Waals surface area contributed by atoms with E-state index < -0.39 is 104 Å². The molecule has 18 nitrogen and oxygen atoms in total. The Balaban J connectivity index is -0.000000648. The van der Waals surface area contributed by atoms with Crippen molar-refractivity contribution in [2.24, 2.45) is 10.8 Å². The van der Waals surface area contributed by atoms with E-state index in [0.29, 0.717) is 0 Å². The average Bonchev–Trinajstić information content (AvgIpc) is 2.75. The number of carbonyl (C=O) groups is 4. The molecule has 0 saturated carbocycles. The Kier molecular flexibility index (Phi) is 18.3. The first-order valence-corrected chi connectivity index (χ1v) is 13.3. The van der Waals surface area contributed by atoms with Gasteiger partial charge >= 0.3 is 49.7 Å². The van der Waals surface area contributed by atoms with E-state index in [9.17, 15) is 55.3 Å². The van der Waals surface area contributed by atoms with Crippen LogP contribution in [0.25, 0.3) is 0 Å². The number of nitrogens with one attached hydrogen (secondary N) is 2. The van der Waals surface area contributed by atoms with E-state index in [-0.39, 0.29) is 37.7 Å². The molecule has 0 aromatic rings. The summed E-state index contributed by atoms with van der Waals surface area (Å²) in [7, 11) is -10.2. The number of carboxylic acids is 2. The van der Waals surface area contributed by atoms with Crippen molar-refractivity contribution in [2.45, 2.75) is 50.4 Å². The maximum absolute atomic E-state index is 11.4. The van der Waals surface area contributed by atoms with Crippen LogP contribution in [0.1, 0.15) is 27.7 Å². The van der Waals surface area contributed by atoms with Crippen LogP contribution < -0.4 is 10.6 Å². The van der Waals surface area contributed by atoms with E-state index >= 15 is 0 Å². The van der Waals surface area contributed by atoms with Crippen molar-refractivity contribution >= 4 is 81.7 Å². The van der Waals surface area contributed by atoms with Gasteiger partial charge in [0.2, 0.25) is 11.8 Å². The first-order valence-electron chi connectivity index (χ1n) is 10.3. The third-order valence-corrected chi connectivity index (χ3v) is 7.09. The Hall–Kier alpha value is -1.20. The second-order valence-electron chi connectivity index (χ2n) is 9.23. The van der Waals surface area contributed by atoms with E-state index in [1.54, 1.807) is 0 Å². The van der Waals surface area contributed by atoms with Gasteiger partial charge in [0, 0.05) is 23.9 Å². The molecule has 0 heterocycles. The molecule has 0 rings (SSSR count). The number of aliphatic carboxylic acids is 2. The smallest absolute Gasteiger partial charge is 0.747 e. The Morgan fingerprint density at radius 1 is 0.692 bits per heavy atom. The zero-order valence-corrected chi connectivity index (χ0v) is 25.3. The number of carbonyl (C=O) groups excluding carboxylic acids is 2. The third-order valence-electron chi connectivity index (χ3n) is 4.96. The van der Waals surface area contributed by atoms with Crippen molar-refractivity contribution in [1.29, 1.82) is 0 Å². The molecule has 0 fully saturated rings. The summed E-state index contributed by atoms with van der Waals surface area (Å²) in [6.07, 6.45) is -3.36. The van der Waals surface area contributed by atoms with Gasteiger partial charge in [0.05, 0.1) is 13.2 Å². The molecule has 224 valence electrons. The SMILES string of the molecule is CC(C)(CO)[C@@H](O)C(=O)NCC(C(=O)O)S(=O)(=O)[O-].CC(C)(CO)[C@@H](O)C(=O)NCC(C(=O)O)S(=O)(=O)[O-].[Ca+2]. The van der Waals surface area contributed by atoms with Gasteiger partial charge in [-0.05, 0) is 0 Å². The summed E-state index contributed by atoms with van der Waals surface area (Å²) in [6, 6.07) is 0. The molecule has 8 N–H and O–H groups in total. The van der Waals surface area contributed by atoms with Gasteiger partial charge < -0.3 is 50.4 Å². The largest absolute Gasteiger partial charge is 2.00 e. The molecule has 0 saturated heterocycles. The number of carboxylic acid groups (broad SMARTS) is 2. The molecule has 21 heteroatoms. The van der Waals surface area contributed by atoms with Crippen LogP contribution in [0, 0.1) is 10.8 Å². The third kappa shape index (κ3) is 14.8. The van der Waals surface area contributed by atoms with Crippen molar-refractivity contribution < 1.29 is 75.8 Å². The van der Waals surface area contributed by atoms with Crippen LogP contribution in [0.15, 0.2) is 0 Å². The van der Waals surface area contributed by atoms with E-state index in [1.165, 1.54) is 27.7 Å². The van der Waals surface area contributed by atoms with Gasteiger partial charge in [-0.15, -0.1) is 0 Å². The molecule has 0 aliphatic carbocycles. The first-order chi connectivity index (χ1) is 16.9. The van der Waals surface area contributed by atoms with Crippen LogP contribution in [-0.4, -0.2) is 167 Å². The molecule has 0 aliphatic heterocycles. The van der Waals surface area contributed by atoms with Crippen LogP contribution in [0.2, 0.25) is 0 Å². The van der Waals surface area contributed by atoms with Crippen LogP contribution >= 0.6 is 0 Å². The number of rotatable bonds is 14. The molecule has 2 amide bonds. The van der Waals surface area contributed by atoms with Crippen LogP contribution in [0.4, 0.5) is 0 Å². The summed E-state index contributed by atoms with van der Waals surface area (Å²) < 4.78 is 63.7. The van der Waals surface area contributed by atoms with Gasteiger partial charge in [0.15, 0.2) is 10.5 Å². The predicted molar refractivity (Wildman–Crippen MR) is 128 cm³/mol. The number of aliphatic hydroxyl groups is 4. The molecule has 0 bridgehead atoms. The minimum atomic E-state index is -5.12. The first kappa shape index (κ1) is 42.3. The van der Waals surface area contributed by atoms with Crippen LogP contribution in [0.3, 0.4) is 0 Å². The summed E-state index contributed by atoms with van der Waals surface area (Å²) in [5.41, 5.74) is -2.39. The zero-order chi connectivity index (χ0) is 30.9. The Bertz CT molecular complexity index is 977. The molecular formula is C18H32CaN2O16S2. The molecule has 39 heavy (non-hydrogen) atoms. The second kappa shape index (κ2) is 16.9. The summed E-state index contributed by atoms with van der Waals surface area (Å²) in [5, 5.41) is 53.1. The number of hydrogen-bond acceptors (Lipinski definition) is 14. The molecule has 0 spiro atoms. The number of aliphatic hydroxyl groups excluding tert-OH is 4. The van der Waals surface area contributed by atoms with E-state index in [1.807, 2.05) is 10.6 Å². The molecule has 0 aromatic carbocycles. The zero-order valence-electron chi connectivity index (χ0n) is 21.4. The van der Waals surface area contributed by atoms with Crippen LogP contribution in [0.5, 0.6) is 0 Å². The van der Waals surface area contributed by atoms with Crippen molar-refractivity contribution in [3.63, 3.8) is 0 Å². The molecule has 0 radical (unpaired) electrons. The minimum absolute atomic E-state index is 0. The van der Waals surface area contributed by atoms with Gasteiger partial charge in [0.25, 0.3) is 0 Å². The van der Waals surface area contributed by atoms with Crippen molar-refractivity contribution in [2.75, 3.05) is 26.3 Å². The monoisotopic (exact) mass is 636 g/mol. The van der Waals surface area contributed by atoms with Gasteiger partial charge in [-0.2, -0.15) is 0 Å². The fourth-order valence-electron chi connectivity index (χ4n) is 2.09. The fraction of sp³-hybridized carbons (Fsp3) is 0.778. The van der Waals surface area contributed by atoms with Crippen LogP contribution in [-0.2, 0) is 39.4 Å². The summed E-state index contributed by atoms with van der Waals surface area (Å²) in [4.78, 5) is 44.0. The Morgan fingerprint density at radius 2 is 0.923 bits per heavy atom.